The highest BCUT2D eigenvalue weighted by molar-refractivity contribution is 4.79. The Labute approximate surface area is 105 Å². The molecule has 1 rings (SSSR count). The van der Waals surface area contributed by atoms with Gasteiger partial charge in [-0.25, -0.2) is 0 Å². The zero-order valence-electron chi connectivity index (χ0n) is 11.4. The predicted octanol–water partition coefficient (Wildman–Crippen LogP) is 1.44. The standard InChI is InChI=1S/C13H27NO3/c1-4-14-13(12-6-7-16-9-12)10-17-11(3)8-15-5-2/h11-14H,4-10H2,1-3H3. The molecule has 3 unspecified atom stereocenters. The molecule has 17 heavy (non-hydrogen) atoms. The number of ether oxygens (including phenoxy) is 3. The minimum Gasteiger partial charge on any atom is -0.381 e. The van der Waals surface area contributed by atoms with E-state index in [4.69, 9.17) is 14.2 Å². The van der Waals surface area contributed by atoms with Crippen LogP contribution >= 0.6 is 0 Å². The van der Waals surface area contributed by atoms with E-state index in [0.29, 0.717) is 18.6 Å². The molecule has 1 N–H and O–H groups in total. The Morgan fingerprint density at radius 2 is 2.18 bits per heavy atom. The highest BCUT2D eigenvalue weighted by Crippen LogP contribution is 2.17. The molecule has 0 spiro atoms. The van der Waals surface area contributed by atoms with Crippen molar-refractivity contribution in [2.45, 2.75) is 39.3 Å². The first-order valence-electron chi connectivity index (χ1n) is 6.78. The first-order chi connectivity index (χ1) is 8.27. The monoisotopic (exact) mass is 245 g/mol. The van der Waals surface area contributed by atoms with E-state index in [-0.39, 0.29) is 6.10 Å². The summed E-state index contributed by atoms with van der Waals surface area (Å²) in [6, 6.07) is 0.409. The zero-order valence-corrected chi connectivity index (χ0v) is 11.4. The molecule has 0 saturated carbocycles. The van der Waals surface area contributed by atoms with Gasteiger partial charge in [0.05, 0.1) is 25.9 Å². The molecule has 3 atom stereocenters. The van der Waals surface area contributed by atoms with Gasteiger partial charge in [-0.15, -0.1) is 0 Å². The van der Waals surface area contributed by atoms with Crippen LogP contribution in [0.15, 0.2) is 0 Å². The molecule has 1 aliphatic heterocycles. The van der Waals surface area contributed by atoms with Crippen LogP contribution in [0.3, 0.4) is 0 Å². The summed E-state index contributed by atoms with van der Waals surface area (Å²) in [6.45, 7) is 11.1. The molecule has 0 aromatic heterocycles. The average molecular weight is 245 g/mol. The third-order valence-corrected chi connectivity index (χ3v) is 3.12. The topological polar surface area (TPSA) is 39.7 Å². The van der Waals surface area contributed by atoms with Crippen LogP contribution in [0.2, 0.25) is 0 Å². The Bertz CT molecular complexity index is 184. The minimum absolute atomic E-state index is 0.165. The minimum atomic E-state index is 0.165. The lowest BCUT2D eigenvalue weighted by atomic mass is 10.00. The van der Waals surface area contributed by atoms with Gasteiger partial charge in [0.1, 0.15) is 0 Å². The molecular weight excluding hydrogens is 218 g/mol. The maximum absolute atomic E-state index is 5.83. The highest BCUT2D eigenvalue weighted by atomic mass is 16.5. The van der Waals surface area contributed by atoms with Crippen molar-refractivity contribution < 1.29 is 14.2 Å². The van der Waals surface area contributed by atoms with Crippen LogP contribution in [-0.4, -0.2) is 51.7 Å². The van der Waals surface area contributed by atoms with Gasteiger partial charge in [0, 0.05) is 25.2 Å². The van der Waals surface area contributed by atoms with E-state index in [1.807, 2.05) is 6.92 Å². The lowest BCUT2D eigenvalue weighted by molar-refractivity contribution is -0.0174. The summed E-state index contributed by atoms with van der Waals surface area (Å²) in [5.74, 6) is 0.592. The fourth-order valence-electron chi connectivity index (χ4n) is 2.09. The SMILES string of the molecule is CCNC(COC(C)COCC)C1CCOC1. The van der Waals surface area contributed by atoms with Gasteiger partial charge in [-0.05, 0) is 26.8 Å². The summed E-state index contributed by atoms with van der Waals surface area (Å²) in [7, 11) is 0. The predicted molar refractivity (Wildman–Crippen MR) is 68.3 cm³/mol. The maximum Gasteiger partial charge on any atom is 0.0781 e. The van der Waals surface area contributed by atoms with Gasteiger partial charge in [-0.1, -0.05) is 6.92 Å². The van der Waals surface area contributed by atoms with E-state index in [2.05, 4.69) is 19.2 Å². The van der Waals surface area contributed by atoms with Crippen LogP contribution in [0.1, 0.15) is 27.2 Å². The maximum atomic E-state index is 5.83. The summed E-state index contributed by atoms with van der Waals surface area (Å²) >= 11 is 0. The van der Waals surface area contributed by atoms with Crippen molar-refractivity contribution in [2.75, 3.05) is 39.6 Å². The summed E-state index contributed by atoms with van der Waals surface area (Å²) in [6.07, 6.45) is 1.30. The lowest BCUT2D eigenvalue weighted by Gasteiger charge is -2.25. The molecular formula is C13H27NO3. The Morgan fingerprint density at radius 3 is 2.76 bits per heavy atom. The van der Waals surface area contributed by atoms with Crippen molar-refractivity contribution in [3.05, 3.63) is 0 Å². The van der Waals surface area contributed by atoms with E-state index < -0.39 is 0 Å². The normalized spacial score (nSPS) is 23.8. The molecule has 0 radical (unpaired) electrons. The van der Waals surface area contributed by atoms with Crippen LogP contribution in [0.4, 0.5) is 0 Å². The summed E-state index contributed by atoms with van der Waals surface area (Å²) in [5, 5.41) is 3.49. The van der Waals surface area contributed by atoms with Crippen molar-refractivity contribution in [3.8, 4) is 0 Å². The molecule has 102 valence electrons. The van der Waals surface area contributed by atoms with Crippen molar-refractivity contribution in [3.63, 3.8) is 0 Å². The van der Waals surface area contributed by atoms with Crippen LogP contribution in [0.5, 0.6) is 0 Å². The Morgan fingerprint density at radius 1 is 1.35 bits per heavy atom. The average Bonchev–Trinajstić information content (AvgIpc) is 2.85. The third-order valence-electron chi connectivity index (χ3n) is 3.12. The molecule has 0 bridgehead atoms. The van der Waals surface area contributed by atoms with Gasteiger partial charge in [0.25, 0.3) is 0 Å². The summed E-state index contributed by atoms with van der Waals surface area (Å²) < 4.78 is 16.6. The highest BCUT2D eigenvalue weighted by Gasteiger charge is 2.25. The van der Waals surface area contributed by atoms with Crippen molar-refractivity contribution in [1.82, 2.24) is 5.32 Å². The van der Waals surface area contributed by atoms with Crippen molar-refractivity contribution in [1.29, 1.82) is 0 Å². The van der Waals surface area contributed by atoms with E-state index in [1.54, 1.807) is 0 Å². The Balaban J connectivity index is 2.23. The molecule has 1 fully saturated rings. The fourth-order valence-corrected chi connectivity index (χ4v) is 2.09. The summed E-state index contributed by atoms with van der Waals surface area (Å²) in [5.41, 5.74) is 0. The second kappa shape index (κ2) is 8.86. The molecule has 0 aromatic rings. The number of rotatable bonds is 9. The van der Waals surface area contributed by atoms with Gasteiger partial charge in [-0.2, -0.15) is 0 Å². The summed E-state index contributed by atoms with van der Waals surface area (Å²) in [4.78, 5) is 0. The molecule has 1 heterocycles. The van der Waals surface area contributed by atoms with Gasteiger partial charge in [0.2, 0.25) is 0 Å². The van der Waals surface area contributed by atoms with E-state index >= 15 is 0 Å². The molecule has 0 aromatic carbocycles. The number of likely N-dealkylation sites (N-methyl/N-ethyl adjacent to an activating group) is 1. The van der Waals surface area contributed by atoms with Crippen molar-refractivity contribution >= 4 is 0 Å². The molecule has 4 heteroatoms. The van der Waals surface area contributed by atoms with Gasteiger partial charge in [-0.3, -0.25) is 0 Å². The smallest absolute Gasteiger partial charge is 0.0781 e. The number of hydrogen-bond acceptors (Lipinski definition) is 4. The molecule has 0 amide bonds. The molecule has 0 aliphatic carbocycles. The zero-order chi connectivity index (χ0) is 12.5. The number of nitrogens with one attached hydrogen (secondary N) is 1. The van der Waals surface area contributed by atoms with E-state index in [9.17, 15) is 0 Å². The Kier molecular flexibility index (Phi) is 7.77. The van der Waals surface area contributed by atoms with Gasteiger partial charge in [0.15, 0.2) is 0 Å². The van der Waals surface area contributed by atoms with Crippen molar-refractivity contribution in [2.24, 2.45) is 5.92 Å². The van der Waals surface area contributed by atoms with Crippen LogP contribution in [0.25, 0.3) is 0 Å². The van der Waals surface area contributed by atoms with Gasteiger partial charge >= 0.3 is 0 Å². The van der Waals surface area contributed by atoms with Crippen LogP contribution in [-0.2, 0) is 14.2 Å². The van der Waals surface area contributed by atoms with Crippen LogP contribution in [0, 0.1) is 5.92 Å². The second-order valence-corrected chi connectivity index (χ2v) is 4.59. The largest absolute Gasteiger partial charge is 0.381 e. The lowest BCUT2D eigenvalue weighted by Crippen LogP contribution is -2.41. The molecule has 1 aliphatic rings. The second-order valence-electron chi connectivity index (χ2n) is 4.59. The van der Waals surface area contributed by atoms with E-state index in [1.165, 1.54) is 0 Å². The first-order valence-corrected chi connectivity index (χ1v) is 6.78. The van der Waals surface area contributed by atoms with Gasteiger partial charge < -0.3 is 19.5 Å². The molecule has 1 saturated heterocycles. The van der Waals surface area contributed by atoms with E-state index in [0.717, 1.165) is 39.4 Å². The number of hydrogen-bond donors (Lipinski definition) is 1. The quantitative estimate of drug-likeness (QED) is 0.667. The third kappa shape index (κ3) is 5.82. The Hall–Kier alpha value is -0.160. The molecule has 4 nitrogen and oxygen atoms in total. The fraction of sp³-hybridized carbons (Fsp3) is 1.00. The van der Waals surface area contributed by atoms with Crippen LogP contribution < -0.4 is 5.32 Å². The first kappa shape index (κ1) is 14.9.